The molecule has 2 rings (SSSR count). The van der Waals surface area contributed by atoms with Crippen molar-refractivity contribution in [3.63, 3.8) is 0 Å². The zero-order chi connectivity index (χ0) is 20.5. The standard InChI is InChI=1S/C19H20FN3O5/c1-26-15-8-12(9-16(27-2)18(15)28-3)10-22-23-17(24)11-21-19(25)13-4-6-14(20)7-5-13/h4-10H,11H2,1-3H3,(H,21,25)(H,23,24). The highest BCUT2D eigenvalue weighted by Crippen LogP contribution is 2.37. The molecule has 0 spiro atoms. The van der Waals surface area contributed by atoms with E-state index < -0.39 is 17.6 Å². The second-order valence-corrected chi connectivity index (χ2v) is 5.44. The van der Waals surface area contributed by atoms with Gasteiger partial charge in [-0.15, -0.1) is 0 Å². The molecule has 0 bridgehead atoms. The van der Waals surface area contributed by atoms with Crippen molar-refractivity contribution in [1.29, 1.82) is 0 Å². The van der Waals surface area contributed by atoms with Crippen molar-refractivity contribution in [1.82, 2.24) is 10.7 Å². The minimum absolute atomic E-state index is 0.245. The van der Waals surface area contributed by atoms with E-state index in [4.69, 9.17) is 14.2 Å². The number of nitrogens with zero attached hydrogens (tertiary/aromatic N) is 1. The highest BCUT2D eigenvalue weighted by Gasteiger charge is 2.12. The van der Waals surface area contributed by atoms with Gasteiger partial charge in [0, 0.05) is 11.1 Å². The van der Waals surface area contributed by atoms with E-state index in [1.165, 1.54) is 39.7 Å². The normalized spacial score (nSPS) is 10.4. The van der Waals surface area contributed by atoms with Crippen LogP contribution in [0.2, 0.25) is 0 Å². The lowest BCUT2D eigenvalue weighted by Crippen LogP contribution is -2.34. The van der Waals surface area contributed by atoms with E-state index in [9.17, 15) is 14.0 Å². The summed E-state index contributed by atoms with van der Waals surface area (Å²) in [6.07, 6.45) is 1.39. The maximum absolute atomic E-state index is 12.8. The predicted octanol–water partition coefficient (Wildman–Crippen LogP) is 1.73. The molecule has 2 amide bonds. The van der Waals surface area contributed by atoms with Gasteiger partial charge in [-0.25, -0.2) is 9.82 Å². The largest absolute Gasteiger partial charge is 0.493 e. The number of carbonyl (C=O) groups excluding carboxylic acids is 2. The SMILES string of the molecule is COc1cc(C=NNC(=O)CNC(=O)c2ccc(F)cc2)cc(OC)c1OC. The molecule has 0 saturated heterocycles. The van der Waals surface area contributed by atoms with Crippen LogP contribution >= 0.6 is 0 Å². The molecule has 2 aromatic carbocycles. The van der Waals surface area contributed by atoms with Crippen molar-refractivity contribution < 1.29 is 28.2 Å². The fraction of sp³-hybridized carbons (Fsp3) is 0.211. The van der Waals surface area contributed by atoms with Gasteiger partial charge >= 0.3 is 0 Å². The van der Waals surface area contributed by atoms with Crippen LogP contribution in [0.15, 0.2) is 41.5 Å². The molecule has 9 heteroatoms. The number of methoxy groups -OCH3 is 3. The van der Waals surface area contributed by atoms with Crippen LogP contribution in [0.3, 0.4) is 0 Å². The third kappa shape index (κ3) is 5.44. The van der Waals surface area contributed by atoms with Gasteiger partial charge in [0.15, 0.2) is 11.5 Å². The van der Waals surface area contributed by atoms with Crippen LogP contribution in [0, 0.1) is 5.82 Å². The zero-order valence-electron chi connectivity index (χ0n) is 15.6. The molecule has 0 aliphatic carbocycles. The number of halogens is 1. The topological polar surface area (TPSA) is 98.2 Å². The minimum Gasteiger partial charge on any atom is -0.493 e. The van der Waals surface area contributed by atoms with Crippen LogP contribution in [0.25, 0.3) is 0 Å². The number of hydrogen-bond donors (Lipinski definition) is 2. The number of amides is 2. The smallest absolute Gasteiger partial charge is 0.259 e. The quantitative estimate of drug-likeness (QED) is 0.529. The van der Waals surface area contributed by atoms with Crippen LogP contribution in [-0.4, -0.2) is 45.9 Å². The molecule has 0 aliphatic rings. The summed E-state index contributed by atoms with van der Waals surface area (Å²) in [5.74, 6) is -0.143. The van der Waals surface area contributed by atoms with Gasteiger partial charge < -0.3 is 19.5 Å². The first-order valence-corrected chi connectivity index (χ1v) is 8.14. The molecule has 0 aromatic heterocycles. The first-order chi connectivity index (χ1) is 13.5. The summed E-state index contributed by atoms with van der Waals surface area (Å²) in [6, 6.07) is 8.30. The summed E-state index contributed by atoms with van der Waals surface area (Å²) >= 11 is 0. The zero-order valence-corrected chi connectivity index (χ0v) is 15.6. The highest BCUT2D eigenvalue weighted by molar-refractivity contribution is 5.96. The molecule has 0 atom stereocenters. The van der Waals surface area contributed by atoms with E-state index in [0.717, 1.165) is 12.1 Å². The maximum atomic E-state index is 12.8. The van der Waals surface area contributed by atoms with E-state index in [2.05, 4.69) is 15.8 Å². The molecular weight excluding hydrogens is 369 g/mol. The molecule has 0 saturated carbocycles. The first-order valence-electron chi connectivity index (χ1n) is 8.14. The van der Waals surface area contributed by atoms with Crippen molar-refractivity contribution in [3.8, 4) is 17.2 Å². The summed E-state index contributed by atoms with van der Waals surface area (Å²) in [6.45, 7) is -0.289. The monoisotopic (exact) mass is 389 g/mol. The van der Waals surface area contributed by atoms with Crippen molar-refractivity contribution in [3.05, 3.63) is 53.3 Å². The Morgan fingerprint density at radius 3 is 2.18 bits per heavy atom. The molecule has 0 heterocycles. The molecule has 0 radical (unpaired) electrons. The molecule has 0 aliphatic heterocycles. The Bertz CT molecular complexity index is 843. The van der Waals surface area contributed by atoms with Crippen molar-refractivity contribution in [2.75, 3.05) is 27.9 Å². The molecule has 2 N–H and O–H groups in total. The lowest BCUT2D eigenvalue weighted by atomic mass is 10.2. The summed E-state index contributed by atoms with van der Waals surface area (Å²) < 4.78 is 28.5. The van der Waals surface area contributed by atoms with Crippen LogP contribution < -0.4 is 25.0 Å². The fourth-order valence-electron chi connectivity index (χ4n) is 2.26. The molecule has 148 valence electrons. The van der Waals surface area contributed by atoms with Crippen molar-refractivity contribution in [2.24, 2.45) is 5.10 Å². The fourth-order valence-corrected chi connectivity index (χ4v) is 2.26. The molecule has 8 nitrogen and oxygen atoms in total. The predicted molar refractivity (Wildman–Crippen MR) is 101 cm³/mol. The minimum atomic E-state index is -0.529. The molecule has 28 heavy (non-hydrogen) atoms. The average molecular weight is 389 g/mol. The number of hydrazone groups is 1. The number of rotatable bonds is 8. The average Bonchev–Trinajstić information content (AvgIpc) is 2.71. The van der Waals surface area contributed by atoms with Crippen LogP contribution in [0.5, 0.6) is 17.2 Å². The Morgan fingerprint density at radius 2 is 1.64 bits per heavy atom. The first kappa shape index (κ1) is 20.7. The van der Waals surface area contributed by atoms with E-state index in [1.807, 2.05) is 0 Å². The Hall–Kier alpha value is -3.62. The van der Waals surface area contributed by atoms with E-state index >= 15 is 0 Å². The van der Waals surface area contributed by atoms with E-state index in [0.29, 0.717) is 22.8 Å². The summed E-state index contributed by atoms with van der Waals surface area (Å²) in [5.41, 5.74) is 3.14. The van der Waals surface area contributed by atoms with Crippen LogP contribution in [-0.2, 0) is 4.79 Å². The summed E-state index contributed by atoms with van der Waals surface area (Å²) in [4.78, 5) is 23.7. The highest BCUT2D eigenvalue weighted by atomic mass is 19.1. The van der Waals surface area contributed by atoms with Gasteiger partial charge in [0.2, 0.25) is 5.75 Å². The third-order valence-electron chi connectivity index (χ3n) is 3.61. The van der Waals surface area contributed by atoms with E-state index in [-0.39, 0.29) is 12.1 Å². The van der Waals surface area contributed by atoms with Crippen molar-refractivity contribution in [2.45, 2.75) is 0 Å². The van der Waals surface area contributed by atoms with Gasteiger partial charge in [-0.3, -0.25) is 9.59 Å². The van der Waals surface area contributed by atoms with Gasteiger partial charge in [0.1, 0.15) is 5.82 Å². The lowest BCUT2D eigenvalue weighted by Gasteiger charge is -2.12. The van der Waals surface area contributed by atoms with Gasteiger partial charge in [-0.1, -0.05) is 0 Å². The van der Waals surface area contributed by atoms with E-state index in [1.54, 1.807) is 12.1 Å². The Kier molecular flexibility index (Phi) is 7.32. The Balaban J connectivity index is 1.92. The molecule has 0 fully saturated rings. The lowest BCUT2D eigenvalue weighted by molar-refractivity contribution is -0.120. The number of carbonyl (C=O) groups is 2. The van der Waals surface area contributed by atoms with Crippen LogP contribution in [0.4, 0.5) is 4.39 Å². The molecular formula is C19H20FN3O5. The third-order valence-corrected chi connectivity index (χ3v) is 3.61. The van der Waals surface area contributed by atoms with Gasteiger partial charge in [-0.2, -0.15) is 5.10 Å². The van der Waals surface area contributed by atoms with Crippen LogP contribution in [0.1, 0.15) is 15.9 Å². The summed E-state index contributed by atoms with van der Waals surface area (Å²) in [7, 11) is 4.47. The van der Waals surface area contributed by atoms with Crippen molar-refractivity contribution >= 4 is 18.0 Å². The number of hydrogen-bond acceptors (Lipinski definition) is 6. The molecule has 0 unspecified atom stereocenters. The number of benzene rings is 2. The Morgan fingerprint density at radius 1 is 1.04 bits per heavy atom. The Labute approximate surface area is 161 Å². The second kappa shape index (κ2) is 9.91. The van der Waals surface area contributed by atoms with Gasteiger partial charge in [-0.05, 0) is 36.4 Å². The van der Waals surface area contributed by atoms with Gasteiger partial charge in [0.05, 0.1) is 34.1 Å². The maximum Gasteiger partial charge on any atom is 0.259 e. The number of nitrogens with one attached hydrogen (secondary N) is 2. The summed E-state index contributed by atoms with van der Waals surface area (Å²) in [5, 5.41) is 6.25. The van der Waals surface area contributed by atoms with Gasteiger partial charge in [0.25, 0.3) is 11.8 Å². The number of ether oxygens (including phenoxy) is 3. The second-order valence-electron chi connectivity index (χ2n) is 5.44. The molecule has 2 aromatic rings.